The Morgan fingerprint density at radius 2 is 1.39 bits per heavy atom. The van der Waals surface area contributed by atoms with Crippen LogP contribution < -0.4 is 4.74 Å². The van der Waals surface area contributed by atoms with Crippen molar-refractivity contribution in [1.29, 1.82) is 0 Å². The zero-order chi connectivity index (χ0) is 21.7. The minimum absolute atomic E-state index is 0.883. The maximum absolute atomic E-state index is 6.07. The number of benzene rings is 1. The molecule has 0 N–H and O–H groups in total. The Bertz CT molecular complexity index is 569. The van der Waals surface area contributed by atoms with Gasteiger partial charge >= 0.3 is 0 Å². The van der Waals surface area contributed by atoms with Gasteiger partial charge in [-0.1, -0.05) is 109 Å². The Hall–Kier alpha value is -0.980. The summed E-state index contributed by atoms with van der Waals surface area (Å²) in [6.07, 6.45) is 24.0. The molecule has 0 saturated heterocycles. The van der Waals surface area contributed by atoms with Crippen molar-refractivity contribution in [1.82, 2.24) is 0 Å². The van der Waals surface area contributed by atoms with Gasteiger partial charge in [-0.05, 0) is 67.1 Å². The van der Waals surface area contributed by atoms with Crippen LogP contribution in [0.2, 0.25) is 0 Å². The SMILES string of the molecule is CCCCCC1CCC(CCc2ccc(OCCCC3CCCCC3CC)cc2)CC1. The molecule has 2 saturated carbocycles. The first-order chi connectivity index (χ1) is 15.3. The first kappa shape index (κ1) is 24.7. The van der Waals surface area contributed by atoms with Crippen LogP contribution in [-0.2, 0) is 6.42 Å². The molecule has 0 bridgehead atoms. The van der Waals surface area contributed by atoms with Gasteiger partial charge in [0.1, 0.15) is 5.75 Å². The van der Waals surface area contributed by atoms with E-state index in [1.165, 1.54) is 115 Å². The van der Waals surface area contributed by atoms with Crippen molar-refractivity contribution in [2.75, 3.05) is 6.61 Å². The van der Waals surface area contributed by atoms with Crippen LogP contribution in [0.25, 0.3) is 0 Å². The average Bonchev–Trinajstić information content (AvgIpc) is 2.82. The third kappa shape index (κ3) is 8.82. The molecule has 2 fully saturated rings. The predicted octanol–water partition coefficient (Wildman–Crippen LogP) is 9.38. The lowest BCUT2D eigenvalue weighted by atomic mass is 9.76. The minimum Gasteiger partial charge on any atom is -0.494 e. The summed E-state index contributed by atoms with van der Waals surface area (Å²) in [6, 6.07) is 9.02. The van der Waals surface area contributed by atoms with E-state index in [1.807, 2.05) is 0 Å². The molecule has 176 valence electrons. The molecule has 2 aliphatic carbocycles. The molecule has 0 radical (unpaired) electrons. The first-order valence-corrected chi connectivity index (χ1v) is 14.0. The second-order valence-electron chi connectivity index (χ2n) is 10.8. The van der Waals surface area contributed by atoms with Gasteiger partial charge in [0, 0.05) is 0 Å². The van der Waals surface area contributed by atoms with Crippen LogP contribution in [-0.4, -0.2) is 6.61 Å². The molecule has 3 rings (SSSR count). The maximum Gasteiger partial charge on any atom is 0.119 e. The van der Waals surface area contributed by atoms with Gasteiger partial charge in [-0.25, -0.2) is 0 Å². The van der Waals surface area contributed by atoms with Crippen LogP contribution in [0, 0.1) is 23.7 Å². The van der Waals surface area contributed by atoms with E-state index in [1.54, 1.807) is 0 Å². The van der Waals surface area contributed by atoms with Crippen molar-refractivity contribution in [2.45, 2.75) is 123 Å². The van der Waals surface area contributed by atoms with Crippen LogP contribution in [0.1, 0.15) is 122 Å². The molecule has 1 nitrogen and oxygen atoms in total. The Labute approximate surface area is 193 Å². The van der Waals surface area contributed by atoms with Crippen LogP contribution >= 0.6 is 0 Å². The van der Waals surface area contributed by atoms with Crippen LogP contribution in [0.4, 0.5) is 0 Å². The van der Waals surface area contributed by atoms with E-state index >= 15 is 0 Å². The lowest BCUT2D eigenvalue weighted by Gasteiger charge is -2.30. The van der Waals surface area contributed by atoms with Gasteiger partial charge in [-0.2, -0.15) is 0 Å². The number of ether oxygens (including phenoxy) is 1. The number of unbranched alkanes of at least 4 members (excludes halogenated alkanes) is 2. The molecule has 31 heavy (non-hydrogen) atoms. The maximum atomic E-state index is 6.07. The predicted molar refractivity (Wildman–Crippen MR) is 135 cm³/mol. The Kier molecular flexibility index (Phi) is 11.3. The van der Waals surface area contributed by atoms with Gasteiger partial charge in [0.15, 0.2) is 0 Å². The van der Waals surface area contributed by atoms with Gasteiger partial charge in [-0.3, -0.25) is 0 Å². The lowest BCUT2D eigenvalue weighted by molar-refractivity contribution is 0.199. The van der Waals surface area contributed by atoms with Gasteiger partial charge in [-0.15, -0.1) is 0 Å². The van der Waals surface area contributed by atoms with Gasteiger partial charge in [0.25, 0.3) is 0 Å². The quantitative estimate of drug-likeness (QED) is 0.285. The lowest BCUT2D eigenvalue weighted by Crippen LogP contribution is -2.19. The van der Waals surface area contributed by atoms with Crippen LogP contribution in [0.3, 0.4) is 0 Å². The number of rotatable bonds is 13. The van der Waals surface area contributed by atoms with Crippen LogP contribution in [0.5, 0.6) is 5.75 Å². The molecule has 0 aromatic heterocycles. The summed E-state index contributed by atoms with van der Waals surface area (Å²) in [5.74, 6) is 4.99. The second-order valence-corrected chi connectivity index (χ2v) is 10.8. The topological polar surface area (TPSA) is 9.23 Å². The van der Waals surface area contributed by atoms with Gasteiger partial charge in [0.2, 0.25) is 0 Å². The smallest absolute Gasteiger partial charge is 0.119 e. The van der Waals surface area contributed by atoms with Crippen molar-refractivity contribution in [3.8, 4) is 5.75 Å². The van der Waals surface area contributed by atoms with E-state index in [0.717, 1.165) is 36.0 Å². The molecule has 0 aliphatic heterocycles. The van der Waals surface area contributed by atoms with Crippen molar-refractivity contribution >= 4 is 0 Å². The van der Waals surface area contributed by atoms with Gasteiger partial charge < -0.3 is 4.74 Å². The molecule has 1 aromatic carbocycles. The monoisotopic (exact) mass is 426 g/mol. The van der Waals surface area contributed by atoms with E-state index in [2.05, 4.69) is 38.1 Å². The first-order valence-electron chi connectivity index (χ1n) is 14.0. The summed E-state index contributed by atoms with van der Waals surface area (Å²) < 4.78 is 6.07. The summed E-state index contributed by atoms with van der Waals surface area (Å²) in [5.41, 5.74) is 1.49. The largest absolute Gasteiger partial charge is 0.494 e. The number of hydrogen-bond donors (Lipinski definition) is 0. The molecule has 1 heteroatoms. The molecular weight excluding hydrogens is 376 g/mol. The van der Waals surface area contributed by atoms with Crippen molar-refractivity contribution < 1.29 is 4.74 Å². The molecule has 0 spiro atoms. The molecule has 2 atom stereocenters. The van der Waals surface area contributed by atoms with Gasteiger partial charge in [0.05, 0.1) is 6.61 Å². The standard InChI is InChI=1S/C30H50O/c1-3-5-6-10-25-14-16-26(17-15-25)18-19-27-20-22-30(23-21-27)31-24-9-13-29-12-8-7-11-28(29)4-2/h20-23,25-26,28-29H,3-19,24H2,1-2H3. The molecule has 2 aliphatic rings. The van der Waals surface area contributed by atoms with E-state index in [4.69, 9.17) is 4.74 Å². The third-order valence-electron chi connectivity index (χ3n) is 8.53. The highest BCUT2D eigenvalue weighted by Gasteiger charge is 2.23. The molecule has 0 amide bonds. The average molecular weight is 427 g/mol. The summed E-state index contributed by atoms with van der Waals surface area (Å²) in [5, 5.41) is 0. The molecule has 2 unspecified atom stereocenters. The number of hydrogen-bond acceptors (Lipinski definition) is 1. The highest BCUT2D eigenvalue weighted by molar-refractivity contribution is 5.27. The third-order valence-corrected chi connectivity index (χ3v) is 8.53. The highest BCUT2D eigenvalue weighted by Crippen LogP contribution is 2.36. The summed E-state index contributed by atoms with van der Waals surface area (Å²) in [6.45, 7) is 5.57. The zero-order valence-corrected chi connectivity index (χ0v) is 20.8. The fraction of sp³-hybridized carbons (Fsp3) is 0.800. The van der Waals surface area contributed by atoms with Crippen molar-refractivity contribution in [3.05, 3.63) is 29.8 Å². The van der Waals surface area contributed by atoms with E-state index in [0.29, 0.717) is 0 Å². The van der Waals surface area contributed by atoms with E-state index in [9.17, 15) is 0 Å². The highest BCUT2D eigenvalue weighted by atomic mass is 16.5. The summed E-state index contributed by atoms with van der Waals surface area (Å²) in [4.78, 5) is 0. The zero-order valence-electron chi connectivity index (χ0n) is 20.8. The Morgan fingerprint density at radius 1 is 0.710 bits per heavy atom. The minimum atomic E-state index is 0.883. The fourth-order valence-corrected chi connectivity index (χ4v) is 6.35. The van der Waals surface area contributed by atoms with Crippen LogP contribution in [0.15, 0.2) is 24.3 Å². The molecule has 0 heterocycles. The Balaban J connectivity index is 1.27. The fourth-order valence-electron chi connectivity index (χ4n) is 6.35. The second kappa shape index (κ2) is 14.2. The Morgan fingerprint density at radius 3 is 2.06 bits per heavy atom. The van der Waals surface area contributed by atoms with Crippen molar-refractivity contribution in [3.63, 3.8) is 0 Å². The number of aryl methyl sites for hydroxylation is 1. The van der Waals surface area contributed by atoms with E-state index < -0.39 is 0 Å². The summed E-state index contributed by atoms with van der Waals surface area (Å²) >= 11 is 0. The normalized spacial score (nSPS) is 26.6. The van der Waals surface area contributed by atoms with E-state index in [-0.39, 0.29) is 0 Å². The molecular formula is C30H50O. The molecule has 1 aromatic rings. The van der Waals surface area contributed by atoms with Crippen molar-refractivity contribution in [2.24, 2.45) is 23.7 Å². The summed E-state index contributed by atoms with van der Waals surface area (Å²) in [7, 11) is 0.